The van der Waals surface area contributed by atoms with Crippen molar-refractivity contribution in [2.75, 3.05) is 4.90 Å². The first-order chi connectivity index (χ1) is 32.7. The van der Waals surface area contributed by atoms with E-state index in [1.54, 1.807) is 0 Å². The topological polar surface area (TPSA) is 26.6 Å². The Labute approximate surface area is 409 Å². The quantitative estimate of drug-likeness (QED) is 0.156. The summed E-state index contributed by atoms with van der Waals surface area (Å²) in [4.78, 5) is 2.49. The number of hydrogen-bond donors (Lipinski definition) is 0. The van der Waals surface area contributed by atoms with Gasteiger partial charge in [-0.05, 0) is 210 Å². The van der Waals surface area contributed by atoms with Crippen LogP contribution in [0.15, 0.2) is 164 Å². The minimum Gasteiger partial charge on any atom is -0.488 e. The van der Waals surface area contributed by atoms with Crippen LogP contribution in [0.1, 0.15) is 94.2 Å². The average molecular weight is 903 g/mol. The number of fused-ring (bicyclic) bond motifs is 7. The zero-order chi connectivity index (χ0) is 48.4. The van der Waals surface area contributed by atoms with E-state index in [9.17, 15) is 0 Å². The molecule has 2 aliphatic heterocycles. The molecule has 1 aromatic heterocycles. The van der Waals surface area contributed by atoms with E-state index in [4.69, 9.17) is 9.47 Å². The molecular formula is C64H63BN2O2. The minimum absolute atomic E-state index is 0.0181. The number of hydrogen-bond acceptors (Lipinski definition) is 3. The van der Waals surface area contributed by atoms with Crippen LogP contribution in [-0.4, -0.2) is 22.5 Å². The lowest BCUT2D eigenvalue weighted by molar-refractivity contribution is 0.130. The van der Waals surface area contributed by atoms with E-state index >= 15 is 0 Å². The molecule has 0 saturated carbocycles. The largest absolute Gasteiger partial charge is 0.488 e. The Balaban J connectivity index is 1.28. The molecule has 69 heavy (non-hydrogen) atoms. The molecule has 0 N–H and O–H groups in total. The Hall–Kier alpha value is -6.98. The first-order valence-electron chi connectivity index (χ1n) is 24.7. The number of nitrogens with zero attached hydrogens (tertiary/aromatic N) is 2. The third-order valence-corrected chi connectivity index (χ3v) is 13.8. The van der Waals surface area contributed by atoms with Crippen LogP contribution in [0, 0.1) is 0 Å². The highest BCUT2D eigenvalue weighted by molar-refractivity contribution is 6.90. The van der Waals surface area contributed by atoms with E-state index in [1.807, 2.05) is 0 Å². The van der Waals surface area contributed by atoms with Gasteiger partial charge in [0, 0.05) is 44.4 Å². The van der Waals surface area contributed by atoms with Crippen LogP contribution < -0.4 is 25.3 Å². The van der Waals surface area contributed by atoms with Gasteiger partial charge < -0.3 is 18.9 Å². The Kier molecular flexibility index (Phi) is 10.2. The lowest BCUT2D eigenvalue weighted by atomic mass is 9.45. The zero-order valence-corrected chi connectivity index (χ0v) is 42.4. The maximum Gasteiger partial charge on any atom is 0.333 e. The molecule has 0 unspecified atom stereocenters. The van der Waals surface area contributed by atoms with E-state index in [0.29, 0.717) is 0 Å². The summed E-state index contributed by atoms with van der Waals surface area (Å²) < 4.78 is 15.8. The number of ether oxygens (including phenoxy) is 2. The molecule has 4 nitrogen and oxygen atoms in total. The van der Waals surface area contributed by atoms with Crippen molar-refractivity contribution in [3.8, 4) is 56.0 Å². The molecule has 0 fully saturated rings. The van der Waals surface area contributed by atoms with Crippen molar-refractivity contribution in [2.24, 2.45) is 0 Å². The number of anilines is 3. The maximum atomic E-state index is 6.75. The van der Waals surface area contributed by atoms with Crippen LogP contribution in [0.2, 0.25) is 0 Å². The van der Waals surface area contributed by atoms with Gasteiger partial charge in [0.05, 0.1) is 0 Å². The number of benzene rings is 8. The molecule has 5 heteroatoms. The molecule has 2 aliphatic rings. The molecule has 0 radical (unpaired) electrons. The molecule has 11 rings (SSSR count). The summed E-state index contributed by atoms with van der Waals surface area (Å²) >= 11 is 0. The molecule has 0 spiro atoms. The SMILES string of the molecule is CC(C)(C)Oc1ccc(N2c3ccc(OC(C)(C)C)cc3B3c4c(cc(-c5cc(-c6ccccc6)cc(-c6ccccc6)c5)cc42)-c2cc(C(C)(C)C)cc4c5cc(C(C)(C)C)ccc5n3c24)cc1. The van der Waals surface area contributed by atoms with E-state index in [0.717, 1.165) is 28.6 Å². The summed E-state index contributed by atoms with van der Waals surface area (Å²) in [5.41, 5.74) is 19.8. The monoisotopic (exact) mass is 902 g/mol. The van der Waals surface area contributed by atoms with Gasteiger partial charge in [0.2, 0.25) is 0 Å². The third kappa shape index (κ3) is 8.00. The van der Waals surface area contributed by atoms with Crippen molar-refractivity contribution < 1.29 is 9.47 Å². The van der Waals surface area contributed by atoms with Crippen LogP contribution in [0.4, 0.5) is 17.1 Å². The summed E-state index contributed by atoms with van der Waals surface area (Å²) in [5.74, 6) is 1.70. The van der Waals surface area contributed by atoms with E-state index in [1.165, 1.54) is 88.4 Å². The second-order valence-electron chi connectivity index (χ2n) is 23.4. The molecule has 0 amide bonds. The number of rotatable bonds is 6. The molecule has 8 aromatic carbocycles. The van der Waals surface area contributed by atoms with Crippen LogP contribution in [0.3, 0.4) is 0 Å². The molecule has 0 bridgehead atoms. The second-order valence-corrected chi connectivity index (χ2v) is 23.4. The van der Waals surface area contributed by atoms with Crippen LogP contribution in [-0.2, 0) is 10.8 Å². The van der Waals surface area contributed by atoms with Gasteiger partial charge in [-0.3, -0.25) is 0 Å². The Morgan fingerprint density at radius 1 is 0.406 bits per heavy atom. The fraction of sp³-hybridized carbons (Fsp3) is 0.250. The lowest BCUT2D eigenvalue weighted by Crippen LogP contribution is -2.56. The summed E-state index contributed by atoms with van der Waals surface area (Å²) in [5, 5.41) is 2.59. The third-order valence-electron chi connectivity index (χ3n) is 13.8. The Morgan fingerprint density at radius 2 is 0.942 bits per heavy atom. The van der Waals surface area contributed by atoms with Crippen molar-refractivity contribution in [1.82, 2.24) is 4.48 Å². The summed E-state index contributed by atoms with van der Waals surface area (Å²) in [6.07, 6.45) is 0. The van der Waals surface area contributed by atoms with Gasteiger partial charge in [0.15, 0.2) is 0 Å². The fourth-order valence-electron chi connectivity index (χ4n) is 10.7. The zero-order valence-electron chi connectivity index (χ0n) is 42.4. The lowest BCUT2D eigenvalue weighted by Gasteiger charge is -2.41. The number of aromatic nitrogens is 1. The molecule has 0 aliphatic carbocycles. The van der Waals surface area contributed by atoms with Gasteiger partial charge >= 0.3 is 6.85 Å². The van der Waals surface area contributed by atoms with Crippen molar-refractivity contribution in [2.45, 2.75) is 105 Å². The van der Waals surface area contributed by atoms with Gasteiger partial charge in [-0.25, -0.2) is 0 Å². The summed E-state index contributed by atoms with van der Waals surface area (Å²) in [6.45, 7) is 26.5. The molecule has 0 saturated heterocycles. The van der Waals surface area contributed by atoms with Crippen molar-refractivity contribution in [3.05, 3.63) is 175 Å². The Bertz CT molecular complexity index is 3410. The van der Waals surface area contributed by atoms with Crippen LogP contribution in [0.25, 0.3) is 66.3 Å². The van der Waals surface area contributed by atoms with Gasteiger partial charge in [-0.1, -0.05) is 108 Å². The first-order valence-corrected chi connectivity index (χ1v) is 24.7. The fourth-order valence-corrected chi connectivity index (χ4v) is 10.7. The molecular weight excluding hydrogens is 840 g/mol. The van der Waals surface area contributed by atoms with Crippen LogP contribution >= 0.6 is 0 Å². The average Bonchev–Trinajstić information content (AvgIpc) is 3.63. The van der Waals surface area contributed by atoms with Gasteiger partial charge in [0.1, 0.15) is 22.7 Å². The smallest absolute Gasteiger partial charge is 0.333 e. The molecule has 3 heterocycles. The highest BCUT2D eigenvalue weighted by Crippen LogP contribution is 2.49. The van der Waals surface area contributed by atoms with Crippen LogP contribution in [0.5, 0.6) is 11.5 Å². The second kappa shape index (κ2) is 15.8. The van der Waals surface area contributed by atoms with E-state index in [2.05, 4.69) is 256 Å². The van der Waals surface area contributed by atoms with Crippen molar-refractivity contribution in [3.63, 3.8) is 0 Å². The predicted molar refractivity (Wildman–Crippen MR) is 294 cm³/mol. The molecule has 344 valence electrons. The van der Waals surface area contributed by atoms with Crippen molar-refractivity contribution in [1.29, 1.82) is 0 Å². The van der Waals surface area contributed by atoms with E-state index < -0.39 is 0 Å². The highest BCUT2D eigenvalue weighted by atomic mass is 16.5. The molecule has 9 aromatic rings. The highest BCUT2D eigenvalue weighted by Gasteiger charge is 2.44. The predicted octanol–water partition coefficient (Wildman–Crippen LogP) is 16.2. The van der Waals surface area contributed by atoms with E-state index in [-0.39, 0.29) is 28.9 Å². The first kappa shape index (κ1) is 44.5. The maximum absolute atomic E-state index is 6.75. The Morgan fingerprint density at radius 3 is 1.52 bits per heavy atom. The normalized spacial score (nSPS) is 13.4. The van der Waals surface area contributed by atoms with Gasteiger partial charge in [0.25, 0.3) is 0 Å². The summed E-state index contributed by atoms with van der Waals surface area (Å²) in [6, 6.07) is 61.4. The standard InChI is InChI=1S/C64H63BN2O2/c1-61(2,3)46-23-29-56-51(36-46)53-37-47(62(4,5)6)38-54-52-34-45(44-32-42(40-19-15-13-16-20-40)31-43(33-44)41-21-17-14-18-22-41)35-58-59(52)65(67(56)60(53)54)55-39-50(69-64(10,11)12)28-30-57(55)66(58)48-24-26-49(27-25-48)68-63(7,8)9/h13-39H,1-12H3. The molecule has 0 atom stereocenters. The van der Waals surface area contributed by atoms with Crippen molar-refractivity contribution >= 4 is 56.6 Å². The van der Waals surface area contributed by atoms with Gasteiger partial charge in [-0.15, -0.1) is 0 Å². The van der Waals surface area contributed by atoms with Gasteiger partial charge in [-0.2, -0.15) is 0 Å². The minimum atomic E-state index is -0.379. The summed E-state index contributed by atoms with van der Waals surface area (Å²) in [7, 11) is 0.